The number of anilines is 1. The van der Waals surface area contributed by atoms with Crippen molar-refractivity contribution in [3.05, 3.63) is 45.5 Å². The summed E-state index contributed by atoms with van der Waals surface area (Å²) in [5.41, 5.74) is 2.13. The number of nitro groups is 1. The molecule has 0 spiro atoms. The number of amides is 1. The lowest BCUT2D eigenvalue weighted by Gasteiger charge is -2.13. The summed E-state index contributed by atoms with van der Waals surface area (Å²) in [5.74, 6) is 0.282. The molecule has 1 aliphatic rings. The Morgan fingerprint density at radius 1 is 1.38 bits per heavy atom. The lowest BCUT2D eigenvalue weighted by Crippen LogP contribution is -2.31. The molecule has 0 saturated heterocycles. The van der Waals surface area contributed by atoms with Crippen LogP contribution >= 0.6 is 11.6 Å². The van der Waals surface area contributed by atoms with E-state index in [1.807, 2.05) is 19.0 Å². The van der Waals surface area contributed by atoms with E-state index in [0.717, 1.165) is 23.2 Å². The number of non-ortho nitro benzene ring substituents is 1. The minimum atomic E-state index is -0.411. The fourth-order valence-electron chi connectivity index (χ4n) is 3.27. The Hall–Kier alpha value is -2.38. The number of hydrogen-bond acceptors (Lipinski definition) is 5. The summed E-state index contributed by atoms with van der Waals surface area (Å²) in [4.78, 5) is 25.5. The standard InChI is InChI=1S/C18H21ClN4O3/c1-22(2)6-5-20-18(24)11-3-4-13-14(7-11)16(23(25)26)8-15-17(13)12(9-19)10-21-15/h3-4,7-8,12,21H,5-6,9-10H2,1-2H3,(H,20,24). The van der Waals surface area contributed by atoms with Crippen LogP contribution in [-0.2, 0) is 0 Å². The van der Waals surface area contributed by atoms with Crippen LogP contribution < -0.4 is 10.6 Å². The molecule has 2 aromatic carbocycles. The predicted molar refractivity (Wildman–Crippen MR) is 103 cm³/mol. The number of nitrogens with zero attached hydrogens (tertiary/aromatic N) is 2. The van der Waals surface area contributed by atoms with E-state index < -0.39 is 4.92 Å². The quantitative estimate of drug-likeness (QED) is 0.460. The van der Waals surface area contributed by atoms with Gasteiger partial charge in [0, 0.05) is 48.7 Å². The monoisotopic (exact) mass is 376 g/mol. The number of rotatable bonds is 6. The molecule has 7 nitrogen and oxygen atoms in total. The summed E-state index contributed by atoms with van der Waals surface area (Å²) in [6.45, 7) is 1.88. The van der Waals surface area contributed by atoms with Gasteiger partial charge in [0.05, 0.1) is 10.3 Å². The minimum absolute atomic E-state index is 0.00980. The fraction of sp³-hybridized carbons (Fsp3) is 0.389. The third-order valence-corrected chi connectivity index (χ3v) is 4.97. The molecular formula is C18H21ClN4O3. The van der Waals surface area contributed by atoms with Crippen LogP contribution in [0.5, 0.6) is 0 Å². The summed E-state index contributed by atoms with van der Waals surface area (Å²) >= 11 is 6.06. The van der Waals surface area contributed by atoms with E-state index >= 15 is 0 Å². The first-order valence-electron chi connectivity index (χ1n) is 8.40. The zero-order valence-electron chi connectivity index (χ0n) is 14.7. The first-order valence-corrected chi connectivity index (χ1v) is 8.93. The van der Waals surface area contributed by atoms with Crippen LogP contribution in [-0.4, -0.2) is 55.3 Å². The highest BCUT2D eigenvalue weighted by molar-refractivity contribution is 6.19. The highest BCUT2D eigenvalue weighted by atomic mass is 35.5. The van der Waals surface area contributed by atoms with Gasteiger partial charge in [0.25, 0.3) is 11.6 Å². The molecule has 1 aliphatic heterocycles. The Labute approximate surface area is 156 Å². The molecule has 1 heterocycles. The van der Waals surface area contributed by atoms with Crippen LogP contribution in [0, 0.1) is 10.1 Å². The van der Waals surface area contributed by atoms with Crippen LogP contribution in [0.4, 0.5) is 11.4 Å². The van der Waals surface area contributed by atoms with Crippen LogP contribution in [0.25, 0.3) is 10.8 Å². The number of nitrogens with one attached hydrogen (secondary N) is 2. The maximum Gasteiger partial charge on any atom is 0.279 e. The van der Waals surface area contributed by atoms with Crippen molar-refractivity contribution in [2.75, 3.05) is 44.9 Å². The third-order valence-electron chi connectivity index (χ3n) is 4.59. The largest absolute Gasteiger partial charge is 0.384 e. The molecule has 0 aliphatic carbocycles. The summed E-state index contributed by atoms with van der Waals surface area (Å²) in [7, 11) is 3.85. The first kappa shape index (κ1) is 18.4. The molecule has 26 heavy (non-hydrogen) atoms. The van der Waals surface area contributed by atoms with Crippen molar-refractivity contribution in [2.24, 2.45) is 0 Å². The van der Waals surface area contributed by atoms with Crippen LogP contribution in [0.1, 0.15) is 21.8 Å². The van der Waals surface area contributed by atoms with Crippen molar-refractivity contribution >= 4 is 39.7 Å². The van der Waals surface area contributed by atoms with Gasteiger partial charge in [0.15, 0.2) is 0 Å². The Morgan fingerprint density at radius 2 is 2.15 bits per heavy atom. The SMILES string of the molecule is CN(C)CCNC(=O)c1ccc2c3c(cc([N+](=O)[O-])c2c1)NCC3CCl. The maximum absolute atomic E-state index is 12.4. The Morgan fingerprint density at radius 3 is 2.81 bits per heavy atom. The molecule has 8 heteroatoms. The van der Waals surface area contributed by atoms with Crippen LogP contribution in [0.15, 0.2) is 24.3 Å². The number of halogens is 1. The van der Waals surface area contributed by atoms with E-state index in [9.17, 15) is 14.9 Å². The van der Waals surface area contributed by atoms with Gasteiger partial charge in [-0.25, -0.2) is 0 Å². The Balaban J connectivity index is 2.03. The number of hydrogen-bond donors (Lipinski definition) is 2. The molecule has 0 radical (unpaired) electrons. The van der Waals surface area contributed by atoms with Crippen LogP contribution in [0.2, 0.25) is 0 Å². The van der Waals surface area contributed by atoms with Crippen molar-refractivity contribution < 1.29 is 9.72 Å². The van der Waals surface area contributed by atoms with Gasteiger partial charge in [-0.3, -0.25) is 14.9 Å². The van der Waals surface area contributed by atoms with E-state index in [1.165, 1.54) is 6.07 Å². The van der Waals surface area contributed by atoms with Gasteiger partial charge in [-0.2, -0.15) is 0 Å². The summed E-state index contributed by atoms with van der Waals surface area (Å²) in [6, 6.07) is 6.63. The van der Waals surface area contributed by atoms with E-state index in [-0.39, 0.29) is 17.5 Å². The number of nitro benzene ring substituents is 1. The second-order valence-electron chi connectivity index (χ2n) is 6.67. The van der Waals surface area contributed by atoms with Gasteiger partial charge < -0.3 is 15.5 Å². The molecule has 2 N–H and O–H groups in total. The summed E-state index contributed by atoms with van der Waals surface area (Å²) in [5, 5.41) is 18.8. The molecule has 138 valence electrons. The van der Waals surface area contributed by atoms with Gasteiger partial charge in [0.1, 0.15) is 0 Å². The van der Waals surface area contributed by atoms with Crippen molar-refractivity contribution in [3.8, 4) is 0 Å². The molecular weight excluding hydrogens is 356 g/mol. The zero-order chi connectivity index (χ0) is 18.8. The maximum atomic E-state index is 12.4. The molecule has 1 atom stereocenters. The number of benzene rings is 2. The van der Waals surface area contributed by atoms with Gasteiger partial charge in [-0.15, -0.1) is 11.6 Å². The average molecular weight is 377 g/mol. The summed E-state index contributed by atoms with van der Waals surface area (Å²) in [6.07, 6.45) is 0. The number of likely N-dealkylation sites (N-methyl/N-ethyl adjacent to an activating group) is 1. The van der Waals surface area contributed by atoms with Crippen molar-refractivity contribution in [1.29, 1.82) is 0 Å². The summed E-state index contributed by atoms with van der Waals surface area (Å²) < 4.78 is 0. The van der Waals surface area contributed by atoms with Gasteiger partial charge in [-0.1, -0.05) is 6.07 Å². The lowest BCUT2D eigenvalue weighted by molar-refractivity contribution is -0.383. The average Bonchev–Trinajstić information content (AvgIpc) is 3.03. The van der Waals surface area contributed by atoms with Crippen molar-refractivity contribution in [1.82, 2.24) is 10.2 Å². The van der Waals surface area contributed by atoms with E-state index in [1.54, 1.807) is 18.2 Å². The van der Waals surface area contributed by atoms with E-state index in [0.29, 0.717) is 29.9 Å². The highest BCUT2D eigenvalue weighted by Gasteiger charge is 2.28. The van der Waals surface area contributed by atoms with Gasteiger partial charge >= 0.3 is 0 Å². The molecule has 0 bridgehead atoms. The molecule has 0 fully saturated rings. The second kappa shape index (κ2) is 7.47. The number of carbonyl (C=O) groups is 1. The second-order valence-corrected chi connectivity index (χ2v) is 6.97. The third kappa shape index (κ3) is 3.45. The molecule has 3 rings (SSSR count). The normalized spacial score (nSPS) is 15.8. The van der Waals surface area contributed by atoms with Crippen LogP contribution in [0.3, 0.4) is 0 Å². The van der Waals surface area contributed by atoms with Crippen molar-refractivity contribution in [2.45, 2.75) is 5.92 Å². The molecule has 1 amide bonds. The smallest absolute Gasteiger partial charge is 0.279 e. The zero-order valence-corrected chi connectivity index (χ0v) is 15.5. The topological polar surface area (TPSA) is 87.5 Å². The molecule has 0 saturated carbocycles. The lowest BCUT2D eigenvalue weighted by atomic mass is 9.93. The number of carbonyl (C=O) groups excluding carboxylic acids is 1. The van der Waals surface area contributed by atoms with E-state index in [4.69, 9.17) is 11.6 Å². The Bertz CT molecular complexity index is 869. The number of alkyl halides is 1. The van der Waals surface area contributed by atoms with Crippen molar-refractivity contribution in [3.63, 3.8) is 0 Å². The molecule has 0 aromatic heterocycles. The van der Waals surface area contributed by atoms with Gasteiger partial charge in [0.2, 0.25) is 0 Å². The molecule has 2 aromatic rings. The minimum Gasteiger partial charge on any atom is -0.384 e. The molecule has 1 unspecified atom stereocenters. The Kier molecular flexibility index (Phi) is 5.29. The fourth-order valence-corrected chi connectivity index (χ4v) is 3.53. The highest BCUT2D eigenvalue weighted by Crippen LogP contribution is 2.42. The predicted octanol–water partition coefficient (Wildman–Crippen LogP) is 2.79. The number of fused-ring (bicyclic) bond motifs is 3. The van der Waals surface area contributed by atoms with Gasteiger partial charge in [-0.05, 0) is 37.2 Å². The van der Waals surface area contributed by atoms with E-state index in [2.05, 4.69) is 10.6 Å². The first-order chi connectivity index (χ1) is 12.4.